The Morgan fingerprint density at radius 2 is 0.940 bits per heavy atom. The van der Waals surface area contributed by atoms with E-state index in [0.29, 0.717) is 23.0 Å². The standard InChI is InChI=1S/C44H40N6/c1-26-46-27(2)48-42(47-26)28-21-38(49-36-15-11-9-13-31(36)33-19-17-29(23-40(33)49)43(3,4)5)35(25-45)39(22-28)50-37-16-12-10-14-32(37)34-20-18-30(24-41(34)50)44(6,7)8/h9-24H,1-8H3. The first-order chi connectivity index (χ1) is 23.8. The molecule has 0 amide bonds. The van der Waals surface area contributed by atoms with E-state index in [1.807, 2.05) is 13.8 Å². The quantitative estimate of drug-likeness (QED) is 0.190. The number of hydrogen-bond donors (Lipinski definition) is 0. The molecule has 246 valence electrons. The van der Waals surface area contributed by atoms with Gasteiger partial charge in [-0.25, -0.2) is 15.0 Å². The fraction of sp³-hybridized carbons (Fsp3) is 0.227. The van der Waals surface area contributed by atoms with E-state index in [1.165, 1.54) is 11.1 Å². The Morgan fingerprint density at radius 3 is 1.36 bits per heavy atom. The Balaban J connectivity index is 1.57. The molecular weight excluding hydrogens is 613 g/mol. The topological polar surface area (TPSA) is 72.3 Å². The summed E-state index contributed by atoms with van der Waals surface area (Å²) in [6, 6.07) is 37.3. The number of nitrogens with zero attached hydrogens (tertiary/aromatic N) is 6. The highest BCUT2D eigenvalue weighted by atomic mass is 15.0. The van der Waals surface area contributed by atoms with Crippen molar-refractivity contribution in [1.29, 1.82) is 5.26 Å². The molecule has 0 N–H and O–H groups in total. The lowest BCUT2D eigenvalue weighted by molar-refractivity contribution is 0.590. The number of hydrogen-bond acceptors (Lipinski definition) is 4. The van der Waals surface area contributed by atoms with Gasteiger partial charge in [0.15, 0.2) is 5.82 Å². The lowest BCUT2D eigenvalue weighted by Crippen LogP contribution is -2.11. The molecule has 0 bridgehead atoms. The molecule has 0 unspecified atom stereocenters. The van der Waals surface area contributed by atoms with E-state index in [0.717, 1.165) is 60.5 Å². The Labute approximate surface area is 292 Å². The smallest absolute Gasteiger partial charge is 0.163 e. The fourth-order valence-corrected chi connectivity index (χ4v) is 7.35. The minimum absolute atomic E-state index is 0.0613. The van der Waals surface area contributed by atoms with Crippen LogP contribution in [0.4, 0.5) is 0 Å². The van der Waals surface area contributed by atoms with Gasteiger partial charge < -0.3 is 9.13 Å². The normalized spacial score (nSPS) is 12.4. The van der Waals surface area contributed by atoms with Crippen molar-refractivity contribution in [3.8, 4) is 28.8 Å². The third kappa shape index (κ3) is 4.96. The van der Waals surface area contributed by atoms with Crippen LogP contribution in [0.2, 0.25) is 0 Å². The second-order valence-corrected chi connectivity index (χ2v) is 15.4. The number of fused-ring (bicyclic) bond motifs is 6. The number of nitriles is 1. The van der Waals surface area contributed by atoms with E-state index in [4.69, 9.17) is 9.97 Å². The molecule has 0 saturated heterocycles. The second-order valence-electron chi connectivity index (χ2n) is 15.4. The van der Waals surface area contributed by atoms with Crippen molar-refractivity contribution in [2.75, 3.05) is 0 Å². The Kier molecular flexibility index (Phi) is 6.99. The summed E-state index contributed by atoms with van der Waals surface area (Å²) in [5.74, 6) is 1.88. The van der Waals surface area contributed by atoms with Crippen LogP contribution in [0, 0.1) is 25.2 Å². The zero-order chi connectivity index (χ0) is 35.1. The van der Waals surface area contributed by atoms with Gasteiger partial charge in [0.2, 0.25) is 0 Å². The van der Waals surface area contributed by atoms with Crippen LogP contribution in [0.5, 0.6) is 0 Å². The third-order valence-corrected chi connectivity index (χ3v) is 9.89. The van der Waals surface area contributed by atoms with E-state index in [9.17, 15) is 5.26 Å². The summed E-state index contributed by atoms with van der Waals surface area (Å²) in [7, 11) is 0. The molecule has 5 aromatic carbocycles. The lowest BCUT2D eigenvalue weighted by atomic mass is 9.86. The second kappa shape index (κ2) is 11.1. The molecule has 0 aliphatic rings. The summed E-state index contributed by atoms with van der Waals surface area (Å²) in [4.78, 5) is 14.1. The van der Waals surface area contributed by atoms with Crippen LogP contribution in [0.15, 0.2) is 97.1 Å². The minimum Gasteiger partial charge on any atom is -0.308 e. The molecule has 3 aromatic heterocycles. The van der Waals surface area contributed by atoms with Gasteiger partial charge in [-0.2, -0.15) is 5.26 Å². The Morgan fingerprint density at radius 1 is 0.520 bits per heavy atom. The summed E-state index contributed by atoms with van der Waals surface area (Å²) in [5.41, 5.74) is 9.47. The Hall–Kier alpha value is -5.80. The number of aryl methyl sites for hydroxylation is 2. The Bertz CT molecular complexity index is 2530. The van der Waals surface area contributed by atoms with E-state index in [2.05, 4.69) is 159 Å². The molecule has 0 radical (unpaired) electrons. The fourth-order valence-electron chi connectivity index (χ4n) is 7.35. The van der Waals surface area contributed by atoms with Crippen molar-refractivity contribution in [3.63, 3.8) is 0 Å². The van der Waals surface area contributed by atoms with Crippen molar-refractivity contribution in [2.24, 2.45) is 0 Å². The van der Waals surface area contributed by atoms with Crippen molar-refractivity contribution in [1.82, 2.24) is 24.1 Å². The van der Waals surface area contributed by atoms with Gasteiger partial charge in [-0.15, -0.1) is 0 Å². The van der Waals surface area contributed by atoms with Crippen LogP contribution in [0.3, 0.4) is 0 Å². The highest BCUT2D eigenvalue weighted by Gasteiger charge is 2.25. The van der Waals surface area contributed by atoms with Crippen LogP contribution >= 0.6 is 0 Å². The minimum atomic E-state index is -0.0613. The summed E-state index contributed by atoms with van der Waals surface area (Å²) in [6.07, 6.45) is 0. The third-order valence-electron chi connectivity index (χ3n) is 9.89. The highest BCUT2D eigenvalue weighted by molar-refractivity contribution is 6.11. The van der Waals surface area contributed by atoms with Gasteiger partial charge in [0.25, 0.3) is 0 Å². The number of rotatable bonds is 3. The predicted octanol–water partition coefficient (Wildman–Crippen LogP) is 10.8. The average molecular weight is 653 g/mol. The van der Waals surface area contributed by atoms with Gasteiger partial charge in [0.1, 0.15) is 23.3 Å². The molecule has 0 atom stereocenters. The molecule has 0 aliphatic heterocycles. The van der Waals surface area contributed by atoms with Crippen molar-refractivity contribution in [3.05, 3.63) is 125 Å². The predicted molar refractivity (Wildman–Crippen MR) is 206 cm³/mol. The molecule has 0 spiro atoms. The summed E-state index contributed by atoms with van der Waals surface area (Å²) in [5, 5.41) is 15.8. The highest BCUT2D eigenvalue weighted by Crippen LogP contribution is 2.41. The van der Waals surface area contributed by atoms with Crippen LogP contribution in [0.1, 0.15) is 69.9 Å². The maximum atomic E-state index is 11.3. The number of aromatic nitrogens is 5. The number of benzene rings is 5. The monoisotopic (exact) mass is 652 g/mol. The van der Waals surface area contributed by atoms with Gasteiger partial charge in [-0.05, 0) is 72.2 Å². The van der Waals surface area contributed by atoms with Gasteiger partial charge in [-0.3, -0.25) is 0 Å². The molecule has 0 aliphatic carbocycles. The van der Waals surface area contributed by atoms with Crippen LogP contribution in [-0.2, 0) is 10.8 Å². The zero-order valence-corrected chi connectivity index (χ0v) is 29.9. The summed E-state index contributed by atoms with van der Waals surface area (Å²) < 4.78 is 4.53. The molecule has 6 heteroatoms. The molecule has 0 saturated carbocycles. The van der Waals surface area contributed by atoms with E-state index in [1.54, 1.807) is 0 Å². The van der Waals surface area contributed by atoms with Crippen molar-refractivity contribution < 1.29 is 0 Å². The summed E-state index contributed by atoms with van der Waals surface area (Å²) >= 11 is 0. The summed E-state index contributed by atoms with van der Waals surface area (Å²) in [6.45, 7) is 17.2. The van der Waals surface area contributed by atoms with E-state index in [-0.39, 0.29) is 10.8 Å². The van der Waals surface area contributed by atoms with Gasteiger partial charge >= 0.3 is 0 Å². The average Bonchev–Trinajstić information content (AvgIpc) is 3.58. The zero-order valence-electron chi connectivity index (χ0n) is 29.9. The number of para-hydroxylation sites is 2. The van der Waals surface area contributed by atoms with E-state index < -0.39 is 0 Å². The molecule has 6 nitrogen and oxygen atoms in total. The van der Waals surface area contributed by atoms with Crippen molar-refractivity contribution >= 4 is 43.6 Å². The first kappa shape index (κ1) is 31.5. The lowest BCUT2D eigenvalue weighted by Gasteiger charge is -2.21. The molecule has 8 aromatic rings. The molecule has 50 heavy (non-hydrogen) atoms. The first-order valence-electron chi connectivity index (χ1n) is 17.2. The largest absolute Gasteiger partial charge is 0.308 e. The van der Waals surface area contributed by atoms with Crippen LogP contribution in [0.25, 0.3) is 66.4 Å². The maximum Gasteiger partial charge on any atom is 0.163 e. The maximum absolute atomic E-state index is 11.3. The first-order valence-corrected chi connectivity index (χ1v) is 17.2. The molecule has 0 fully saturated rings. The van der Waals surface area contributed by atoms with Gasteiger partial charge in [0.05, 0.1) is 33.4 Å². The molecule has 8 rings (SSSR count). The van der Waals surface area contributed by atoms with Gasteiger partial charge in [-0.1, -0.05) is 102 Å². The van der Waals surface area contributed by atoms with Crippen molar-refractivity contribution in [2.45, 2.75) is 66.2 Å². The SMILES string of the molecule is Cc1nc(C)nc(-c2cc(-n3c4ccccc4c4ccc(C(C)(C)C)cc43)c(C#N)c(-n3c4ccccc4c4ccc(C(C)(C)C)cc43)c2)n1. The molecular formula is C44H40N6. The van der Waals surface area contributed by atoms with Crippen LogP contribution < -0.4 is 0 Å². The van der Waals surface area contributed by atoms with Crippen LogP contribution in [-0.4, -0.2) is 24.1 Å². The van der Waals surface area contributed by atoms with E-state index >= 15 is 0 Å². The van der Waals surface area contributed by atoms with Gasteiger partial charge in [0, 0.05) is 27.1 Å². The molecule has 3 heterocycles.